The number of carbonyl (C=O) groups is 1. The van der Waals surface area contributed by atoms with Gasteiger partial charge in [0.2, 0.25) is 0 Å². The molecule has 0 aliphatic heterocycles. The lowest BCUT2D eigenvalue weighted by Gasteiger charge is -2.05. The number of benzene rings is 1. The second kappa shape index (κ2) is 6.62. The summed E-state index contributed by atoms with van der Waals surface area (Å²) in [6, 6.07) is 10.2. The molecule has 94 valence electrons. The molecule has 0 saturated heterocycles. The molecule has 1 fully saturated rings. The molecule has 4 heteroatoms. The minimum absolute atomic E-state index is 0. The van der Waals surface area contributed by atoms with Crippen molar-refractivity contribution >= 4 is 18.4 Å². The molecule has 2 rings (SSSR count). The van der Waals surface area contributed by atoms with Crippen LogP contribution in [0.3, 0.4) is 0 Å². The molecule has 0 heterocycles. The number of nitrogens with one attached hydrogen (secondary N) is 1. The minimum atomic E-state index is -0.178. The number of rotatable bonds is 5. The average molecular weight is 256 g/mol. The van der Waals surface area contributed by atoms with Crippen LogP contribution in [-0.4, -0.2) is 18.6 Å². The Morgan fingerprint density at radius 1 is 1.41 bits per heavy atom. The second-order valence-electron chi connectivity index (χ2n) is 4.35. The fraction of sp³-hybridized carbons (Fsp3) is 0.462. The molecule has 1 aliphatic carbocycles. The van der Waals surface area contributed by atoms with Crippen molar-refractivity contribution in [2.45, 2.75) is 26.0 Å². The minimum Gasteiger partial charge on any atom is -0.460 e. The highest BCUT2D eigenvalue weighted by Gasteiger charge is 2.32. The van der Waals surface area contributed by atoms with E-state index < -0.39 is 0 Å². The molecular formula is C13H18ClNO2. The van der Waals surface area contributed by atoms with Crippen LogP contribution in [0.15, 0.2) is 30.3 Å². The van der Waals surface area contributed by atoms with Gasteiger partial charge in [0.15, 0.2) is 0 Å². The monoisotopic (exact) mass is 255 g/mol. The van der Waals surface area contributed by atoms with Crippen molar-refractivity contribution in [1.29, 1.82) is 0 Å². The van der Waals surface area contributed by atoms with Crippen LogP contribution in [0.1, 0.15) is 18.9 Å². The maximum Gasteiger partial charge on any atom is 0.320 e. The van der Waals surface area contributed by atoms with Gasteiger partial charge in [-0.25, -0.2) is 0 Å². The van der Waals surface area contributed by atoms with Crippen molar-refractivity contribution in [1.82, 2.24) is 5.32 Å². The summed E-state index contributed by atoms with van der Waals surface area (Å²) >= 11 is 0. The summed E-state index contributed by atoms with van der Waals surface area (Å²) in [5, 5.41) is 3.17. The van der Waals surface area contributed by atoms with E-state index in [1.807, 2.05) is 30.3 Å². The molecule has 0 radical (unpaired) electrons. The molecule has 0 spiro atoms. The van der Waals surface area contributed by atoms with Gasteiger partial charge in [-0.1, -0.05) is 37.3 Å². The van der Waals surface area contributed by atoms with E-state index >= 15 is 0 Å². The summed E-state index contributed by atoms with van der Waals surface area (Å²) < 4.78 is 5.14. The van der Waals surface area contributed by atoms with E-state index in [-0.39, 0.29) is 18.4 Å². The van der Waals surface area contributed by atoms with Crippen molar-refractivity contribution in [2.75, 3.05) is 6.54 Å². The van der Waals surface area contributed by atoms with Crippen molar-refractivity contribution in [3.05, 3.63) is 35.9 Å². The highest BCUT2D eigenvalue weighted by Crippen LogP contribution is 2.28. The number of hydrogen-bond donors (Lipinski definition) is 1. The first kappa shape index (κ1) is 14.0. The first-order valence-corrected chi connectivity index (χ1v) is 5.68. The fourth-order valence-corrected chi connectivity index (χ4v) is 1.61. The zero-order valence-electron chi connectivity index (χ0n) is 9.89. The van der Waals surface area contributed by atoms with Gasteiger partial charge in [0, 0.05) is 6.04 Å². The van der Waals surface area contributed by atoms with E-state index in [4.69, 9.17) is 4.74 Å². The molecule has 17 heavy (non-hydrogen) atoms. The molecule has 1 N–H and O–H groups in total. The van der Waals surface area contributed by atoms with Gasteiger partial charge in [-0.05, 0) is 17.9 Å². The first-order valence-electron chi connectivity index (χ1n) is 5.68. The van der Waals surface area contributed by atoms with Gasteiger partial charge in [0.25, 0.3) is 0 Å². The Morgan fingerprint density at radius 3 is 2.65 bits per heavy atom. The van der Waals surface area contributed by atoms with Crippen LogP contribution in [-0.2, 0) is 16.1 Å². The highest BCUT2D eigenvalue weighted by molar-refractivity contribution is 5.85. The quantitative estimate of drug-likeness (QED) is 0.820. The van der Waals surface area contributed by atoms with Crippen LogP contribution in [0, 0.1) is 5.92 Å². The number of esters is 1. The molecule has 0 amide bonds. The van der Waals surface area contributed by atoms with E-state index in [1.165, 1.54) is 6.42 Å². The standard InChI is InChI=1S/C13H17NO2.ClH/c1-10-7-12(10)14-8-13(15)16-9-11-5-3-2-4-6-11;/h2-6,10,12,14H,7-9H2,1H3;1H. The third-order valence-corrected chi connectivity index (χ3v) is 2.86. The summed E-state index contributed by atoms with van der Waals surface area (Å²) in [5.74, 6) is 0.532. The van der Waals surface area contributed by atoms with Gasteiger partial charge < -0.3 is 10.1 Å². The largest absolute Gasteiger partial charge is 0.460 e. The predicted molar refractivity (Wildman–Crippen MR) is 69.1 cm³/mol. The predicted octanol–water partition coefficient (Wildman–Crippen LogP) is 2.15. The third-order valence-electron chi connectivity index (χ3n) is 2.86. The molecule has 1 aromatic carbocycles. The van der Waals surface area contributed by atoms with Gasteiger partial charge in [0.05, 0.1) is 6.54 Å². The lowest BCUT2D eigenvalue weighted by molar-refractivity contribution is -0.143. The molecule has 1 saturated carbocycles. The number of ether oxygens (including phenoxy) is 1. The van der Waals surface area contributed by atoms with Crippen LogP contribution in [0.4, 0.5) is 0 Å². The molecule has 1 aromatic rings. The Hall–Kier alpha value is -1.06. The van der Waals surface area contributed by atoms with Gasteiger partial charge in [0.1, 0.15) is 6.61 Å². The van der Waals surface area contributed by atoms with Crippen LogP contribution >= 0.6 is 12.4 Å². The smallest absolute Gasteiger partial charge is 0.320 e. The van der Waals surface area contributed by atoms with E-state index in [2.05, 4.69) is 12.2 Å². The summed E-state index contributed by atoms with van der Waals surface area (Å²) in [5.41, 5.74) is 1.02. The molecule has 1 aliphatic rings. The number of hydrogen-bond acceptors (Lipinski definition) is 3. The fourth-order valence-electron chi connectivity index (χ4n) is 1.61. The van der Waals surface area contributed by atoms with Crippen LogP contribution in [0.5, 0.6) is 0 Å². The summed E-state index contributed by atoms with van der Waals surface area (Å²) in [6.07, 6.45) is 1.17. The van der Waals surface area contributed by atoms with Gasteiger partial charge in [-0.15, -0.1) is 12.4 Å². The first-order chi connectivity index (χ1) is 7.75. The Labute approximate surface area is 108 Å². The van der Waals surface area contributed by atoms with Gasteiger partial charge in [-0.2, -0.15) is 0 Å². The number of halogens is 1. The van der Waals surface area contributed by atoms with Crippen molar-refractivity contribution < 1.29 is 9.53 Å². The molecule has 0 bridgehead atoms. The van der Waals surface area contributed by atoms with E-state index in [9.17, 15) is 4.79 Å². The lowest BCUT2D eigenvalue weighted by atomic mass is 10.2. The lowest BCUT2D eigenvalue weighted by Crippen LogP contribution is -2.27. The molecule has 0 aromatic heterocycles. The van der Waals surface area contributed by atoms with Crippen molar-refractivity contribution in [3.63, 3.8) is 0 Å². The summed E-state index contributed by atoms with van der Waals surface area (Å²) in [7, 11) is 0. The van der Waals surface area contributed by atoms with Crippen LogP contribution in [0.2, 0.25) is 0 Å². The maximum atomic E-state index is 11.4. The SMILES string of the molecule is CC1CC1NCC(=O)OCc1ccccc1.Cl. The Kier molecular flexibility index (Phi) is 5.45. The van der Waals surface area contributed by atoms with Crippen molar-refractivity contribution in [3.8, 4) is 0 Å². The zero-order chi connectivity index (χ0) is 11.4. The maximum absolute atomic E-state index is 11.4. The molecular weight excluding hydrogens is 238 g/mol. The van der Waals surface area contributed by atoms with E-state index in [0.717, 1.165) is 5.56 Å². The third kappa shape index (κ3) is 4.75. The van der Waals surface area contributed by atoms with Crippen molar-refractivity contribution in [2.24, 2.45) is 5.92 Å². The van der Waals surface area contributed by atoms with Gasteiger partial charge >= 0.3 is 5.97 Å². The molecule has 2 unspecified atom stereocenters. The Balaban J connectivity index is 0.00000144. The average Bonchev–Trinajstić information content (AvgIpc) is 3.01. The van der Waals surface area contributed by atoms with Crippen LogP contribution in [0.25, 0.3) is 0 Å². The summed E-state index contributed by atoms with van der Waals surface area (Å²) in [6.45, 7) is 2.86. The Bertz CT molecular complexity index is 356. The highest BCUT2D eigenvalue weighted by atomic mass is 35.5. The summed E-state index contributed by atoms with van der Waals surface area (Å²) in [4.78, 5) is 11.4. The molecule has 3 nitrogen and oxygen atoms in total. The molecule has 2 atom stereocenters. The van der Waals surface area contributed by atoms with E-state index in [1.54, 1.807) is 0 Å². The van der Waals surface area contributed by atoms with Crippen LogP contribution < -0.4 is 5.32 Å². The normalized spacial score (nSPS) is 21.5. The van der Waals surface area contributed by atoms with E-state index in [0.29, 0.717) is 25.1 Å². The Morgan fingerprint density at radius 2 is 2.06 bits per heavy atom. The topological polar surface area (TPSA) is 38.3 Å². The second-order valence-corrected chi connectivity index (χ2v) is 4.35. The van der Waals surface area contributed by atoms with Gasteiger partial charge in [-0.3, -0.25) is 4.79 Å². The number of carbonyl (C=O) groups excluding carboxylic acids is 1. The zero-order valence-corrected chi connectivity index (χ0v) is 10.7.